The molecule has 0 spiro atoms. The summed E-state index contributed by atoms with van der Waals surface area (Å²) in [5, 5.41) is 0. The van der Waals surface area contributed by atoms with Gasteiger partial charge in [0.2, 0.25) is 6.29 Å². The predicted octanol–water partition coefficient (Wildman–Crippen LogP) is 6.79. The van der Waals surface area contributed by atoms with Gasteiger partial charge in [-0.2, -0.15) is 0 Å². The van der Waals surface area contributed by atoms with Gasteiger partial charge in [-0.15, -0.1) is 0 Å². The van der Waals surface area contributed by atoms with Gasteiger partial charge in [0, 0.05) is 0 Å². The van der Waals surface area contributed by atoms with Crippen LogP contribution in [0, 0.1) is 13.8 Å². The molecule has 5 rings (SSSR count). The number of aryl methyl sites for hydroxylation is 2. The number of rotatable bonds is 11. The second-order valence-corrected chi connectivity index (χ2v) is 9.90. The summed E-state index contributed by atoms with van der Waals surface area (Å²) in [5.41, 5.74) is 5.33. The molecule has 0 saturated carbocycles. The zero-order valence-electron chi connectivity index (χ0n) is 22.6. The van der Waals surface area contributed by atoms with Crippen LogP contribution in [0.15, 0.2) is 109 Å². The lowest BCUT2D eigenvalue weighted by molar-refractivity contribution is -0.278. The summed E-state index contributed by atoms with van der Waals surface area (Å²) in [6.07, 6.45) is -1.94. The molecule has 4 aromatic rings. The van der Waals surface area contributed by atoms with Gasteiger partial charge in [-0.05, 0) is 41.7 Å². The molecule has 4 atom stereocenters. The van der Waals surface area contributed by atoms with Crippen LogP contribution in [0.2, 0.25) is 0 Å². The van der Waals surface area contributed by atoms with Gasteiger partial charge in [0.05, 0.1) is 26.4 Å². The maximum absolute atomic E-state index is 6.59. The fourth-order valence-corrected chi connectivity index (χ4v) is 4.78. The SMILES string of the molecule is Cc1cccc(C)c1O[C@@H]1OC[C@@H](OCc2ccccc2)C(OCc2ccccc2)C1OCc1ccccc1. The third-order valence-electron chi connectivity index (χ3n) is 6.90. The minimum absolute atomic E-state index is 0.326. The molecule has 0 aromatic heterocycles. The molecule has 5 heteroatoms. The Bertz CT molecular complexity index is 1260. The summed E-state index contributed by atoms with van der Waals surface area (Å²) in [5.74, 6) is 0.807. The third kappa shape index (κ3) is 7.34. The van der Waals surface area contributed by atoms with Crippen molar-refractivity contribution in [1.29, 1.82) is 0 Å². The van der Waals surface area contributed by atoms with Gasteiger partial charge < -0.3 is 23.7 Å². The average Bonchev–Trinajstić information content (AvgIpc) is 2.98. The van der Waals surface area contributed by atoms with Crippen LogP contribution in [-0.4, -0.2) is 31.2 Å². The average molecular weight is 525 g/mol. The van der Waals surface area contributed by atoms with E-state index in [1.165, 1.54) is 0 Å². The number of hydrogen-bond donors (Lipinski definition) is 0. The largest absolute Gasteiger partial charge is 0.461 e. The van der Waals surface area contributed by atoms with E-state index in [0.717, 1.165) is 33.6 Å². The summed E-state index contributed by atoms with van der Waals surface area (Å²) in [6, 6.07) is 36.5. The van der Waals surface area contributed by atoms with Gasteiger partial charge in [0.15, 0.2) is 0 Å². The van der Waals surface area contributed by atoms with Gasteiger partial charge in [-0.25, -0.2) is 0 Å². The summed E-state index contributed by atoms with van der Waals surface area (Å²) in [4.78, 5) is 0. The Morgan fingerprint density at radius 3 is 1.54 bits per heavy atom. The van der Waals surface area contributed by atoms with E-state index in [0.29, 0.717) is 26.4 Å². The van der Waals surface area contributed by atoms with Crippen LogP contribution in [0.1, 0.15) is 27.8 Å². The third-order valence-corrected chi connectivity index (χ3v) is 6.90. The van der Waals surface area contributed by atoms with Gasteiger partial charge in [0.1, 0.15) is 24.1 Å². The van der Waals surface area contributed by atoms with E-state index in [9.17, 15) is 0 Å². The summed E-state index contributed by atoms with van der Waals surface area (Å²) >= 11 is 0. The van der Waals surface area contributed by atoms with Crippen molar-refractivity contribution in [3.63, 3.8) is 0 Å². The Kier molecular flexibility index (Phi) is 9.41. The lowest BCUT2D eigenvalue weighted by Crippen LogP contribution is -2.57. The van der Waals surface area contributed by atoms with E-state index >= 15 is 0 Å². The van der Waals surface area contributed by atoms with E-state index in [1.807, 2.05) is 98.8 Å². The van der Waals surface area contributed by atoms with Crippen molar-refractivity contribution < 1.29 is 23.7 Å². The first-order valence-corrected chi connectivity index (χ1v) is 13.5. The first-order valence-electron chi connectivity index (χ1n) is 13.5. The van der Waals surface area contributed by atoms with Crippen molar-refractivity contribution in [3.8, 4) is 5.75 Å². The molecular weight excluding hydrogens is 488 g/mol. The Morgan fingerprint density at radius 2 is 1.03 bits per heavy atom. The van der Waals surface area contributed by atoms with E-state index in [-0.39, 0.29) is 6.10 Å². The maximum Gasteiger partial charge on any atom is 0.229 e. The zero-order valence-corrected chi connectivity index (χ0v) is 22.6. The highest BCUT2D eigenvalue weighted by molar-refractivity contribution is 5.40. The molecule has 1 aliphatic heterocycles. The van der Waals surface area contributed by atoms with Crippen LogP contribution in [0.25, 0.3) is 0 Å². The summed E-state index contributed by atoms with van der Waals surface area (Å²) in [7, 11) is 0. The molecule has 1 fully saturated rings. The standard InChI is InChI=1S/C34H36O5/c1-25-13-12-14-26(2)31(25)39-34-33(37-23-29-19-10-5-11-20-29)32(36-22-28-17-8-4-9-18-28)30(24-38-34)35-21-27-15-6-3-7-16-27/h3-20,30,32-34H,21-24H2,1-2H3/t30-,32?,33?,34+/m1/s1. The highest BCUT2D eigenvalue weighted by Gasteiger charge is 2.44. The molecule has 0 aliphatic carbocycles. The molecule has 1 aliphatic rings. The van der Waals surface area contributed by atoms with Crippen LogP contribution in [-0.2, 0) is 38.8 Å². The number of benzene rings is 4. The van der Waals surface area contributed by atoms with Crippen molar-refractivity contribution in [2.24, 2.45) is 0 Å². The normalized spacial score (nSPS) is 21.0. The Hall–Kier alpha value is -3.48. The smallest absolute Gasteiger partial charge is 0.229 e. The topological polar surface area (TPSA) is 46.2 Å². The first-order chi connectivity index (χ1) is 19.2. The molecule has 0 amide bonds. The first kappa shape index (κ1) is 27.1. The highest BCUT2D eigenvalue weighted by atomic mass is 16.7. The number of ether oxygens (including phenoxy) is 5. The Morgan fingerprint density at radius 1 is 0.564 bits per heavy atom. The second kappa shape index (κ2) is 13.5. The molecule has 39 heavy (non-hydrogen) atoms. The molecule has 1 heterocycles. The number of hydrogen-bond acceptors (Lipinski definition) is 5. The van der Waals surface area contributed by atoms with Crippen molar-refractivity contribution in [1.82, 2.24) is 0 Å². The van der Waals surface area contributed by atoms with Crippen LogP contribution >= 0.6 is 0 Å². The van der Waals surface area contributed by atoms with E-state index < -0.39 is 18.5 Å². The zero-order chi connectivity index (χ0) is 26.9. The molecule has 4 aromatic carbocycles. The van der Waals surface area contributed by atoms with Crippen molar-refractivity contribution in [2.45, 2.75) is 58.3 Å². The fourth-order valence-electron chi connectivity index (χ4n) is 4.78. The van der Waals surface area contributed by atoms with Crippen molar-refractivity contribution in [2.75, 3.05) is 6.61 Å². The summed E-state index contributed by atoms with van der Waals surface area (Å²) in [6.45, 7) is 5.69. The van der Waals surface area contributed by atoms with Gasteiger partial charge >= 0.3 is 0 Å². The minimum atomic E-state index is -0.661. The van der Waals surface area contributed by atoms with Gasteiger partial charge in [0.25, 0.3) is 0 Å². The fraction of sp³-hybridized carbons (Fsp3) is 0.294. The molecule has 0 N–H and O–H groups in total. The quantitative estimate of drug-likeness (QED) is 0.216. The summed E-state index contributed by atoms with van der Waals surface area (Å²) < 4.78 is 32.4. The molecule has 1 saturated heterocycles. The van der Waals surface area contributed by atoms with Crippen molar-refractivity contribution in [3.05, 3.63) is 137 Å². The van der Waals surface area contributed by atoms with Crippen LogP contribution in [0.3, 0.4) is 0 Å². The molecule has 2 unspecified atom stereocenters. The lowest BCUT2D eigenvalue weighted by atomic mass is 10.0. The van der Waals surface area contributed by atoms with Crippen LogP contribution < -0.4 is 4.74 Å². The lowest BCUT2D eigenvalue weighted by Gasteiger charge is -2.42. The highest BCUT2D eigenvalue weighted by Crippen LogP contribution is 2.31. The van der Waals surface area contributed by atoms with E-state index in [2.05, 4.69) is 24.3 Å². The van der Waals surface area contributed by atoms with Crippen LogP contribution in [0.4, 0.5) is 0 Å². The maximum atomic E-state index is 6.59. The van der Waals surface area contributed by atoms with Gasteiger partial charge in [-0.3, -0.25) is 0 Å². The Balaban J connectivity index is 1.41. The van der Waals surface area contributed by atoms with Crippen molar-refractivity contribution >= 4 is 0 Å². The molecule has 202 valence electrons. The van der Waals surface area contributed by atoms with E-state index in [4.69, 9.17) is 23.7 Å². The molecular formula is C34H36O5. The van der Waals surface area contributed by atoms with Gasteiger partial charge in [-0.1, -0.05) is 109 Å². The molecule has 5 nitrogen and oxygen atoms in total. The van der Waals surface area contributed by atoms with E-state index in [1.54, 1.807) is 0 Å². The second-order valence-electron chi connectivity index (χ2n) is 9.90. The molecule has 0 radical (unpaired) electrons. The molecule has 0 bridgehead atoms. The number of para-hydroxylation sites is 1. The predicted molar refractivity (Wildman–Crippen MR) is 151 cm³/mol. The van der Waals surface area contributed by atoms with Crippen LogP contribution in [0.5, 0.6) is 5.75 Å². The Labute approximate surface area is 231 Å². The minimum Gasteiger partial charge on any atom is -0.461 e. The monoisotopic (exact) mass is 524 g/mol.